The number of anilines is 1. The number of carbonyl (C=O) groups excluding carboxylic acids is 2. The van der Waals surface area contributed by atoms with Gasteiger partial charge in [-0.2, -0.15) is 4.98 Å². The molecule has 20 heavy (non-hydrogen) atoms. The predicted molar refractivity (Wildman–Crippen MR) is 72.2 cm³/mol. The van der Waals surface area contributed by atoms with Crippen molar-refractivity contribution in [1.82, 2.24) is 14.9 Å². The van der Waals surface area contributed by atoms with Crippen LogP contribution in [-0.2, 0) is 9.59 Å². The zero-order chi connectivity index (χ0) is 14.7. The molecule has 1 aromatic heterocycles. The zero-order valence-electron chi connectivity index (χ0n) is 11.8. The van der Waals surface area contributed by atoms with Crippen molar-refractivity contribution in [1.29, 1.82) is 0 Å². The Morgan fingerprint density at radius 1 is 1.45 bits per heavy atom. The van der Waals surface area contributed by atoms with Crippen LogP contribution in [0.3, 0.4) is 0 Å². The van der Waals surface area contributed by atoms with Gasteiger partial charge in [-0.1, -0.05) is 0 Å². The second-order valence-electron chi connectivity index (χ2n) is 4.91. The first-order valence-electron chi connectivity index (χ1n) is 6.54. The van der Waals surface area contributed by atoms with E-state index >= 15 is 0 Å². The van der Waals surface area contributed by atoms with Gasteiger partial charge in [-0.3, -0.25) is 14.5 Å². The molecule has 1 aliphatic rings. The first kappa shape index (κ1) is 14.2. The van der Waals surface area contributed by atoms with Crippen molar-refractivity contribution in [2.75, 3.05) is 12.4 Å². The van der Waals surface area contributed by atoms with Gasteiger partial charge < -0.3 is 10.1 Å². The van der Waals surface area contributed by atoms with Crippen molar-refractivity contribution >= 4 is 17.8 Å². The predicted octanol–water partition coefficient (Wildman–Crippen LogP) is 0.823. The van der Waals surface area contributed by atoms with E-state index in [0.29, 0.717) is 24.7 Å². The van der Waals surface area contributed by atoms with Crippen LogP contribution in [-0.4, -0.2) is 45.9 Å². The van der Waals surface area contributed by atoms with Gasteiger partial charge in [0.1, 0.15) is 6.04 Å². The smallest absolute Gasteiger partial charge is 0.251 e. The van der Waals surface area contributed by atoms with Crippen molar-refractivity contribution < 1.29 is 14.3 Å². The maximum atomic E-state index is 12.0. The number of hydrogen-bond donors (Lipinski definition) is 1. The molecule has 2 heterocycles. The summed E-state index contributed by atoms with van der Waals surface area (Å²) in [5.41, 5.74) is 0. The lowest BCUT2D eigenvalue weighted by Crippen LogP contribution is -2.48. The molecule has 1 N–H and O–H groups in total. The molecule has 0 radical (unpaired) electrons. The molecular weight excluding hydrogens is 260 g/mol. The molecule has 0 saturated carbocycles. The Labute approximate surface area is 117 Å². The molecule has 0 bridgehead atoms. The summed E-state index contributed by atoms with van der Waals surface area (Å²) < 4.78 is 5.47. The summed E-state index contributed by atoms with van der Waals surface area (Å²) in [6.45, 7) is 3.81. The minimum atomic E-state index is -0.480. The molecule has 1 unspecified atom stereocenters. The van der Waals surface area contributed by atoms with E-state index in [9.17, 15) is 9.59 Å². The molecule has 1 aromatic rings. The molecule has 0 aromatic carbocycles. The molecule has 2 amide bonds. The van der Waals surface area contributed by atoms with E-state index < -0.39 is 6.04 Å². The molecule has 0 aliphatic carbocycles. The average Bonchev–Trinajstić information content (AvgIpc) is 2.39. The van der Waals surface area contributed by atoms with Crippen molar-refractivity contribution in [2.45, 2.75) is 38.8 Å². The van der Waals surface area contributed by atoms with Gasteiger partial charge in [-0.25, -0.2) is 4.98 Å². The summed E-state index contributed by atoms with van der Waals surface area (Å²) in [5.74, 6) is 0.348. The van der Waals surface area contributed by atoms with E-state index in [1.807, 2.05) is 13.8 Å². The average molecular weight is 278 g/mol. The van der Waals surface area contributed by atoms with Crippen LogP contribution in [0.15, 0.2) is 12.3 Å². The van der Waals surface area contributed by atoms with E-state index in [0.717, 1.165) is 4.90 Å². The highest BCUT2D eigenvalue weighted by molar-refractivity contribution is 6.01. The third-order valence-corrected chi connectivity index (χ3v) is 2.94. The van der Waals surface area contributed by atoms with Crippen molar-refractivity contribution in [3.8, 4) is 5.88 Å². The second-order valence-corrected chi connectivity index (χ2v) is 4.91. The van der Waals surface area contributed by atoms with Gasteiger partial charge in [0, 0.05) is 25.7 Å². The number of carbonyl (C=O) groups is 2. The van der Waals surface area contributed by atoms with Crippen molar-refractivity contribution in [2.24, 2.45) is 0 Å². The fourth-order valence-electron chi connectivity index (χ4n) is 1.92. The van der Waals surface area contributed by atoms with Gasteiger partial charge in [0.05, 0.1) is 6.10 Å². The van der Waals surface area contributed by atoms with Crippen molar-refractivity contribution in [3.63, 3.8) is 0 Å². The van der Waals surface area contributed by atoms with E-state index in [1.165, 1.54) is 7.05 Å². The molecule has 7 heteroatoms. The van der Waals surface area contributed by atoms with Gasteiger partial charge in [0.15, 0.2) is 0 Å². The first-order valence-corrected chi connectivity index (χ1v) is 6.54. The number of likely N-dealkylation sites (N-methyl/N-ethyl adjacent to an activating group) is 1. The highest BCUT2D eigenvalue weighted by Crippen LogP contribution is 2.16. The lowest BCUT2D eigenvalue weighted by Gasteiger charge is -2.28. The second kappa shape index (κ2) is 5.85. The van der Waals surface area contributed by atoms with Crippen LogP contribution < -0.4 is 10.1 Å². The monoisotopic (exact) mass is 278 g/mol. The van der Waals surface area contributed by atoms with Gasteiger partial charge >= 0.3 is 0 Å². The van der Waals surface area contributed by atoms with Gasteiger partial charge in [-0.15, -0.1) is 0 Å². The van der Waals surface area contributed by atoms with E-state index in [2.05, 4.69) is 15.3 Å². The van der Waals surface area contributed by atoms with Crippen LogP contribution in [0.5, 0.6) is 5.88 Å². The molecule has 2 rings (SSSR count). The maximum Gasteiger partial charge on any atom is 0.251 e. The molecule has 0 spiro atoms. The summed E-state index contributed by atoms with van der Waals surface area (Å²) in [5, 5.41) is 2.95. The van der Waals surface area contributed by atoms with Crippen LogP contribution >= 0.6 is 0 Å². The van der Waals surface area contributed by atoms with Crippen LogP contribution in [0, 0.1) is 0 Å². The van der Waals surface area contributed by atoms with Crippen LogP contribution in [0.25, 0.3) is 0 Å². The molecule has 108 valence electrons. The highest BCUT2D eigenvalue weighted by atomic mass is 16.5. The zero-order valence-corrected chi connectivity index (χ0v) is 11.8. The molecule has 7 nitrogen and oxygen atoms in total. The summed E-state index contributed by atoms with van der Waals surface area (Å²) in [6.07, 6.45) is 2.36. The number of piperidine rings is 1. The fourth-order valence-corrected chi connectivity index (χ4v) is 1.92. The summed E-state index contributed by atoms with van der Waals surface area (Å²) in [6, 6.07) is 1.18. The molecule has 1 fully saturated rings. The largest absolute Gasteiger partial charge is 0.475 e. The van der Waals surface area contributed by atoms with E-state index in [-0.39, 0.29) is 17.9 Å². The number of ether oxygens (including phenoxy) is 1. The number of amides is 2. The SMILES string of the molecule is CC(C)Oc1ccnc(NC2CCC(=O)N(C)C2=O)n1. The summed E-state index contributed by atoms with van der Waals surface area (Å²) >= 11 is 0. The Hall–Kier alpha value is -2.18. The Bertz CT molecular complexity index is 518. The minimum Gasteiger partial charge on any atom is -0.475 e. The Morgan fingerprint density at radius 3 is 2.90 bits per heavy atom. The number of nitrogens with zero attached hydrogens (tertiary/aromatic N) is 3. The lowest BCUT2D eigenvalue weighted by atomic mass is 10.1. The van der Waals surface area contributed by atoms with E-state index in [1.54, 1.807) is 12.3 Å². The maximum absolute atomic E-state index is 12.0. The number of nitrogens with one attached hydrogen (secondary N) is 1. The summed E-state index contributed by atoms with van der Waals surface area (Å²) in [7, 11) is 1.48. The Kier molecular flexibility index (Phi) is 4.16. The number of hydrogen-bond acceptors (Lipinski definition) is 6. The lowest BCUT2D eigenvalue weighted by molar-refractivity contribution is -0.146. The van der Waals surface area contributed by atoms with Gasteiger partial charge in [-0.05, 0) is 20.3 Å². The van der Waals surface area contributed by atoms with Crippen molar-refractivity contribution in [3.05, 3.63) is 12.3 Å². The quantitative estimate of drug-likeness (QED) is 0.821. The third-order valence-electron chi connectivity index (χ3n) is 2.94. The Balaban J connectivity index is 2.06. The normalized spacial score (nSPS) is 19.4. The molecule has 1 saturated heterocycles. The van der Waals surface area contributed by atoms with Crippen LogP contribution in [0.1, 0.15) is 26.7 Å². The number of aromatic nitrogens is 2. The number of likely N-dealkylation sites (tertiary alicyclic amines) is 1. The molecule has 1 aliphatic heterocycles. The van der Waals surface area contributed by atoms with Crippen LogP contribution in [0.4, 0.5) is 5.95 Å². The third kappa shape index (κ3) is 3.23. The van der Waals surface area contributed by atoms with Gasteiger partial charge in [0.25, 0.3) is 5.91 Å². The van der Waals surface area contributed by atoms with E-state index in [4.69, 9.17) is 4.74 Å². The number of rotatable bonds is 4. The summed E-state index contributed by atoms with van der Waals surface area (Å²) in [4.78, 5) is 32.7. The fraction of sp³-hybridized carbons (Fsp3) is 0.538. The minimum absolute atomic E-state index is 0.0119. The molecular formula is C13H18N4O3. The first-order chi connectivity index (χ1) is 9.47. The van der Waals surface area contributed by atoms with Gasteiger partial charge in [0.2, 0.25) is 17.7 Å². The standard InChI is InChI=1S/C13H18N4O3/c1-8(2)20-10-6-7-14-13(16-10)15-9-4-5-11(18)17(3)12(9)19/h6-9H,4-5H2,1-3H3,(H,14,15,16). The highest BCUT2D eigenvalue weighted by Gasteiger charge is 2.32. The topological polar surface area (TPSA) is 84.4 Å². The number of imide groups is 1. The van der Waals surface area contributed by atoms with Crippen LogP contribution in [0.2, 0.25) is 0 Å². The Morgan fingerprint density at radius 2 is 2.20 bits per heavy atom. The molecule has 1 atom stereocenters.